The van der Waals surface area contributed by atoms with E-state index in [4.69, 9.17) is 5.73 Å². The summed E-state index contributed by atoms with van der Waals surface area (Å²) in [6.45, 7) is 4.43. The fraction of sp³-hybridized carbons (Fsp3) is 0.667. The van der Waals surface area contributed by atoms with Crippen LogP contribution in [0, 0.1) is 0 Å². The van der Waals surface area contributed by atoms with Crippen LogP contribution in [0.4, 0.5) is 0 Å². The number of aromatic nitrogens is 1. The van der Waals surface area contributed by atoms with Gasteiger partial charge in [0, 0.05) is 30.7 Å². The molecule has 0 aromatic carbocycles. The first-order valence-electron chi connectivity index (χ1n) is 6.10. The minimum Gasteiger partial charge on any atom is -0.353 e. The summed E-state index contributed by atoms with van der Waals surface area (Å²) >= 11 is 0. The Hall–Kier alpha value is -0.810. The zero-order chi connectivity index (χ0) is 12.9. The Kier molecular flexibility index (Phi) is 5.21. The van der Waals surface area contributed by atoms with Crippen molar-refractivity contribution in [1.82, 2.24) is 4.57 Å². The zero-order valence-corrected chi connectivity index (χ0v) is 11.4. The monoisotopic (exact) mass is 258 g/mol. The quantitative estimate of drug-likeness (QED) is 0.810. The minimum atomic E-state index is -2.90. The standard InChI is InChI=1S/C12H22N2O2S/c1-3-8-17(15,16)9-7-14-6-5-11(10-14)12(13)4-2/h5-6,10,12H,3-4,7-9,13H2,1-2H3. The molecule has 0 saturated heterocycles. The third kappa shape index (κ3) is 4.52. The molecule has 1 unspecified atom stereocenters. The summed E-state index contributed by atoms with van der Waals surface area (Å²) in [5.41, 5.74) is 6.98. The molecule has 1 aromatic heterocycles. The van der Waals surface area contributed by atoms with Gasteiger partial charge in [-0.1, -0.05) is 13.8 Å². The van der Waals surface area contributed by atoms with Crippen LogP contribution in [0.15, 0.2) is 18.5 Å². The topological polar surface area (TPSA) is 65.1 Å². The first kappa shape index (κ1) is 14.3. The van der Waals surface area contributed by atoms with Gasteiger partial charge in [-0.2, -0.15) is 0 Å². The van der Waals surface area contributed by atoms with E-state index < -0.39 is 9.84 Å². The maximum Gasteiger partial charge on any atom is 0.152 e. The van der Waals surface area contributed by atoms with Crippen molar-refractivity contribution in [1.29, 1.82) is 0 Å². The summed E-state index contributed by atoms with van der Waals surface area (Å²) in [5, 5.41) is 0. The summed E-state index contributed by atoms with van der Waals surface area (Å²) in [6.07, 6.45) is 5.40. The molecule has 1 heterocycles. The normalized spacial score (nSPS) is 13.8. The van der Waals surface area contributed by atoms with E-state index in [1.54, 1.807) is 0 Å². The van der Waals surface area contributed by atoms with Crippen LogP contribution in [0.1, 0.15) is 38.3 Å². The molecule has 0 bridgehead atoms. The fourth-order valence-electron chi connectivity index (χ4n) is 1.71. The predicted octanol–water partition coefficient (Wildman–Crippen LogP) is 1.72. The first-order chi connectivity index (χ1) is 7.98. The SMILES string of the molecule is CCCS(=O)(=O)CCn1ccc(C(N)CC)c1. The maximum absolute atomic E-state index is 11.6. The predicted molar refractivity (Wildman–Crippen MR) is 70.6 cm³/mol. The molecule has 1 rings (SSSR count). The number of sulfone groups is 1. The van der Waals surface area contributed by atoms with Gasteiger partial charge in [0.25, 0.3) is 0 Å². The van der Waals surface area contributed by atoms with E-state index in [2.05, 4.69) is 0 Å². The molecule has 0 radical (unpaired) electrons. The highest BCUT2D eigenvalue weighted by Crippen LogP contribution is 2.13. The molecule has 17 heavy (non-hydrogen) atoms. The van der Waals surface area contributed by atoms with Crippen LogP contribution in [-0.4, -0.2) is 24.5 Å². The van der Waals surface area contributed by atoms with Crippen molar-refractivity contribution in [2.45, 2.75) is 39.3 Å². The second-order valence-electron chi connectivity index (χ2n) is 4.35. The van der Waals surface area contributed by atoms with Crippen molar-refractivity contribution in [2.75, 3.05) is 11.5 Å². The van der Waals surface area contributed by atoms with Crippen LogP contribution in [0.5, 0.6) is 0 Å². The third-order valence-electron chi connectivity index (χ3n) is 2.82. The van der Waals surface area contributed by atoms with Crippen LogP contribution < -0.4 is 5.73 Å². The molecule has 0 aliphatic heterocycles. The molecule has 98 valence electrons. The molecule has 2 N–H and O–H groups in total. The van der Waals surface area contributed by atoms with Crippen LogP contribution in [0.3, 0.4) is 0 Å². The minimum absolute atomic E-state index is 0.0449. The summed E-state index contributed by atoms with van der Waals surface area (Å²) in [6, 6.07) is 2.00. The van der Waals surface area contributed by atoms with Crippen LogP contribution >= 0.6 is 0 Å². The van der Waals surface area contributed by atoms with Crippen molar-refractivity contribution in [2.24, 2.45) is 5.73 Å². The number of hydrogen-bond donors (Lipinski definition) is 1. The molecule has 4 nitrogen and oxygen atoms in total. The molecule has 0 amide bonds. The Morgan fingerprint density at radius 2 is 2.06 bits per heavy atom. The largest absolute Gasteiger partial charge is 0.353 e. The number of aryl methyl sites for hydroxylation is 1. The van der Waals surface area contributed by atoms with E-state index >= 15 is 0 Å². The summed E-state index contributed by atoms with van der Waals surface area (Å²) in [7, 11) is -2.90. The van der Waals surface area contributed by atoms with Crippen molar-refractivity contribution < 1.29 is 8.42 Å². The molecule has 1 aromatic rings. The van der Waals surface area contributed by atoms with E-state index in [9.17, 15) is 8.42 Å². The van der Waals surface area contributed by atoms with Crippen LogP contribution in [0.25, 0.3) is 0 Å². The van der Waals surface area contributed by atoms with Gasteiger partial charge in [-0.3, -0.25) is 0 Å². The number of nitrogens with two attached hydrogens (primary N) is 1. The van der Waals surface area contributed by atoms with Gasteiger partial charge in [0.1, 0.15) is 0 Å². The molecular formula is C12H22N2O2S. The third-order valence-corrected chi connectivity index (χ3v) is 4.65. The van der Waals surface area contributed by atoms with E-state index in [1.807, 2.05) is 36.9 Å². The highest BCUT2D eigenvalue weighted by Gasteiger charge is 2.10. The molecule has 0 fully saturated rings. The Morgan fingerprint density at radius 1 is 1.35 bits per heavy atom. The summed E-state index contributed by atoms with van der Waals surface area (Å²) < 4.78 is 25.0. The molecule has 1 atom stereocenters. The summed E-state index contributed by atoms with van der Waals surface area (Å²) in [4.78, 5) is 0. The lowest BCUT2D eigenvalue weighted by atomic mass is 10.1. The van der Waals surface area contributed by atoms with E-state index in [0.29, 0.717) is 13.0 Å². The molecule has 0 aliphatic rings. The second-order valence-corrected chi connectivity index (χ2v) is 6.65. The molecule has 0 spiro atoms. The lowest BCUT2D eigenvalue weighted by molar-refractivity contribution is 0.587. The number of rotatable bonds is 7. The van der Waals surface area contributed by atoms with Gasteiger partial charge in [-0.05, 0) is 24.5 Å². The highest BCUT2D eigenvalue weighted by molar-refractivity contribution is 7.91. The van der Waals surface area contributed by atoms with E-state index in [-0.39, 0.29) is 17.5 Å². The molecule has 5 heteroatoms. The first-order valence-corrected chi connectivity index (χ1v) is 7.92. The lowest BCUT2D eigenvalue weighted by Crippen LogP contribution is -2.15. The van der Waals surface area contributed by atoms with Gasteiger partial charge >= 0.3 is 0 Å². The van der Waals surface area contributed by atoms with Crippen LogP contribution in [-0.2, 0) is 16.4 Å². The van der Waals surface area contributed by atoms with Gasteiger partial charge in [-0.15, -0.1) is 0 Å². The van der Waals surface area contributed by atoms with Gasteiger partial charge in [0.2, 0.25) is 0 Å². The van der Waals surface area contributed by atoms with Crippen molar-refractivity contribution in [3.05, 3.63) is 24.0 Å². The molecule has 0 aliphatic carbocycles. The number of hydrogen-bond acceptors (Lipinski definition) is 3. The maximum atomic E-state index is 11.6. The highest BCUT2D eigenvalue weighted by atomic mass is 32.2. The Bertz CT molecular complexity index is 437. The average Bonchev–Trinajstić information content (AvgIpc) is 2.74. The van der Waals surface area contributed by atoms with Crippen molar-refractivity contribution >= 4 is 9.84 Å². The smallest absolute Gasteiger partial charge is 0.152 e. The fourth-order valence-corrected chi connectivity index (χ4v) is 3.03. The Labute approximate surface area is 104 Å². The van der Waals surface area contributed by atoms with Gasteiger partial charge in [-0.25, -0.2) is 8.42 Å². The second kappa shape index (κ2) is 6.21. The van der Waals surface area contributed by atoms with Gasteiger partial charge < -0.3 is 10.3 Å². The van der Waals surface area contributed by atoms with Crippen molar-refractivity contribution in [3.8, 4) is 0 Å². The summed E-state index contributed by atoms with van der Waals surface area (Å²) in [5.74, 6) is 0.478. The Balaban J connectivity index is 2.56. The Morgan fingerprint density at radius 3 is 2.65 bits per heavy atom. The van der Waals surface area contributed by atoms with Gasteiger partial charge in [0.05, 0.1) is 5.75 Å². The van der Waals surface area contributed by atoms with Gasteiger partial charge in [0.15, 0.2) is 9.84 Å². The van der Waals surface area contributed by atoms with E-state index in [0.717, 1.165) is 12.0 Å². The van der Waals surface area contributed by atoms with E-state index in [1.165, 1.54) is 0 Å². The molecular weight excluding hydrogens is 236 g/mol. The molecule has 0 saturated carbocycles. The average molecular weight is 258 g/mol. The lowest BCUT2D eigenvalue weighted by Gasteiger charge is -2.06. The zero-order valence-electron chi connectivity index (χ0n) is 10.6. The van der Waals surface area contributed by atoms with Crippen molar-refractivity contribution in [3.63, 3.8) is 0 Å². The van der Waals surface area contributed by atoms with Crippen LogP contribution in [0.2, 0.25) is 0 Å². The number of nitrogens with zero attached hydrogens (tertiary/aromatic N) is 1.